The number of hydrogen-bond donors (Lipinski definition) is 0. The number of rotatable bonds is 2. The third-order valence-electron chi connectivity index (χ3n) is 0.958. The van der Waals surface area contributed by atoms with Crippen molar-refractivity contribution < 1.29 is 17.6 Å². The molecular formula is C7H13F3OSi. The van der Waals surface area contributed by atoms with Crippen molar-refractivity contribution in [1.29, 1.82) is 0 Å². The van der Waals surface area contributed by atoms with Crippen molar-refractivity contribution in [2.24, 2.45) is 0 Å². The van der Waals surface area contributed by atoms with Gasteiger partial charge in [0, 0.05) is 0 Å². The lowest BCUT2D eigenvalue weighted by atomic mass is 10.5. The van der Waals surface area contributed by atoms with Gasteiger partial charge in [-0.25, -0.2) is 0 Å². The molecule has 0 saturated heterocycles. The van der Waals surface area contributed by atoms with E-state index in [1.807, 2.05) is 0 Å². The van der Waals surface area contributed by atoms with E-state index >= 15 is 0 Å². The average molecular weight is 198 g/mol. The molecule has 0 unspecified atom stereocenters. The molecule has 0 N–H and O–H groups in total. The fourth-order valence-corrected chi connectivity index (χ4v) is 1.50. The molecule has 72 valence electrons. The van der Waals surface area contributed by atoms with Crippen molar-refractivity contribution >= 4 is 8.32 Å². The van der Waals surface area contributed by atoms with E-state index in [1.165, 1.54) is 6.92 Å². The molecule has 0 aliphatic heterocycles. The van der Waals surface area contributed by atoms with E-state index in [0.717, 1.165) is 6.08 Å². The Morgan fingerprint density at radius 2 is 1.67 bits per heavy atom. The van der Waals surface area contributed by atoms with Gasteiger partial charge in [-0.3, -0.25) is 0 Å². The maximum atomic E-state index is 12.1. The Balaban J connectivity index is 4.43. The van der Waals surface area contributed by atoms with Crippen molar-refractivity contribution in [1.82, 2.24) is 0 Å². The first-order valence-corrected chi connectivity index (χ1v) is 7.00. The van der Waals surface area contributed by atoms with Gasteiger partial charge in [0.25, 0.3) is 0 Å². The molecule has 0 bridgehead atoms. The lowest BCUT2D eigenvalue weighted by Gasteiger charge is -2.22. The summed E-state index contributed by atoms with van der Waals surface area (Å²) in [7, 11) is -2.14. The van der Waals surface area contributed by atoms with Crippen molar-refractivity contribution in [3.05, 3.63) is 11.8 Å². The van der Waals surface area contributed by atoms with Crippen LogP contribution >= 0.6 is 0 Å². The predicted octanol–water partition coefficient (Wildman–Crippen LogP) is 3.30. The highest BCUT2D eigenvalue weighted by atomic mass is 28.4. The molecule has 0 heterocycles. The van der Waals surface area contributed by atoms with E-state index in [0.29, 0.717) is 0 Å². The molecule has 5 heteroatoms. The smallest absolute Gasteiger partial charge is 0.447 e. The summed E-state index contributed by atoms with van der Waals surface area (Å²) in [6.45, 7) is 6.45. The molecule has 0 radical (unpaired) electrons. The van der Waals surface area contributed by atoms with E-state index in [-0.39, 0.29) is 0 Å². The van der Waals surface area contributed by atoms with Gasteiger partial charge in [-0.05, 0) is 32.6 Å². The molecule has 0 aromatic heterocycles. The summed E-state index contributed by atoms with van der Waals surface area (Å²) in [6, 6.07) is 0. The first kappa shape index (κ1) is 11.5. The highest BCUT2D eigenvalue weighted by molar-refractivity contribution is 6.70. The van der Waals surface area contributed by atoms with E-state index in [9.17, 15) is 13.2 Å². The Hall–Kier alpha value is -0.453. The van der Waals surface area contributed by atoms with Crippen molar-refractivity contribution in [2.75, 3.05) is 0 Å². The SMILES string of the molecule is C/C=C(/O[Si](C)(C)C)C(F)(F)F. The molecule has 0 aromatic carbocycles. The second kappa shape index (κ2) is 3.51. The molecule has 0 amide bonds. The predicted molar refractivity (Wildman–Crippen MR) is 44.2 cm³/mol. The Morgan fingerprint density at radius 3 is 1.75 bits per heavy atom. The van der Waals surface area contributed by atoms with E-state index < -0.39 is 20.3 Å². The lowest BCUT2D eigenvalue weighted by Crippen LogP contribution is -2.29. The first-order chi connectivity index (χ1) is 5.17. The maximum absolute atomic E-state index is 12.1. The molecule has 0 saturated carbocycles. The number of hydrogen-bond acceptors (Lipinski definition) is 1. The molecule has 0 atom stereocenters. The van der Waals surface area contributed by atoms with Crippen LogP contribution in [0.1, 0.15) is 6.92 Å². The maximum Gasteiger partial charge on any atom is 0.447 e. The van der Waals surface area contributed by atoms with Crippen LogP contribution in [0.4, 0.5) is 13.2 Å². The summed E-state index contributed by atoms with van der Waals surface area (Å²) in [5.74, 6) is -0.873. The standard InChI is InChI=1S/C7H13F3OSi/c1-5-6(7(8,9)10)11-12(2,3)4/h5H,1-4H3/b6-5+. The van der Waals surface area contributed by atoms with Gasteiger partial charge in [-0.2, -0.15) is 13.2 Å². The lowest BCUT2D eigenvalue weighted by molar-refractivity contribution is -0.117. The van der Waals surface area contributed by atoms with Crippen LogP contribution < -0.4 is 0 Å². The highest BCUT2D eigenvalue weighted by Gasteiger charge is 2.37. The third kappa shape index (κ3) is 4.43. The molecule has 0 rings (SSSR count). The van der Waals surface area contributed by atoms with E-state index in [4.69, 9.17) is 4.43 Å². The second-order valence-corrected chi connectivity index (χ2v) is 7.79. The minimum absolute atomic E-state index is 0.873. The molecule has 0 spiro atoms. The Bertz CT molecular complexity index is 178. The van der Waals surface area contributed by atoms with Crippen molar-refractivity contribution in [3.8, 4) is 0 Å². The molecule has 1 nitrogen and oxygen atoms in total. The quantitative estimate of drug-likeness (QED) is 0.488. The third-order valence-corrected chi connectivity index (χ3v) is 1.79. The molecular weight excluding hydrogens is 185 g/mol. The molecule has 0 aliphatic carbocycles. The highest BCUT2D eigenvalue weighted by Crippen LogP contribution is 2.28. The Kier molecular flexibility index (Phi) is 3.38. The van der Waals surface area contributed by atoms with Crippen molar-refractivity contribution in [3.63, 3.8) is 0 Å². The van der Waals surface area contributed by atoms with Crippen LogP contribution in [0.5, 0.6) is 0 Å². The van der Waals surface area contributed by atoms with Crippen LogP contribution in [0.2, 0.25) is 19.6 Å². The van der Waals surface area contributed by atoms with Gasteiger partial charge in [-0.15, -0.1) is 0 Å². The van der Waals surface area contributed by atoms with Gasteiger partial charge in [-0.1, -0.05) is 0 Å². The number of allylic oxidation sites excluding steroid dienone is 2. The Morgan fingerprint density at radius 1 is 1.25 bits per heavy atom. The van der Waals surface area contributed by atoms with Gasteiger partial charge < -0.3 is 4.43 Å². The van der Waals surface area contributed by atoms with Crippen LogP contribution in [0.15, 0.2) is 11.8 Å². The van der Waals surface area contributed by atoms with Crippen molar-refractivity contribution in [2.45, 2.75) is 32.7 Å². The molecule has 0 aromatic rings. The van der Waals surface area contributed by atoms with E-state index in [2.05, 4.69) is 0 Å². The second-order valence-electron chi connectivity index (χ2n) is 3.37. The van der Waals surface area contributed by atoms with Gasteiger partial charge in [0.15, 0.2) is 5.76 Å². The minimum atomic E-state index is -4.35. The summed E-state index contributed by atoms with van der Waals surface area (Å²) < 4.78 is 41.1. The van der Waals surface area contributed by atoms with Crippen LogP contribution in [0.3, 0.4) is 0 Å². The number of alkyl halides is 3. The van der Waals surface area contributed by atoms with Crippen LogP contribution in [-0.2, 0) is 4.43 Å². The Labute approximate surface area is 71.4 Å². The zero-order valence-corrected chi connectivity index (χ0v) is 8.62. The molecule has 12 heavy (non-hydrogen) atoms. The average Bonchev–Trinajstić information content (AvgIpc) is 1.78. The fraction of sp³-hybridized carbons (Fsp3) is 0.714. The van der Waals surface area contributed by atoms with E-state index in [1.54, 1.807) is 19.6 Å². The normalized spacial score (nSPS) is 14.8. The monoisotopic (exact) mass is 198 g/mol. The summed E-state index contributed by atoms with van der Waals surface area (Å²) in [5, 5.41) is 0. The van der Waals surface area contributed by atoms with Crippen LogP contribution in [0.25, 0.3) is 0 Å². The summed E-state index contributed by atoms with van der Waals surface area (Å²) in [6.07, 6.45) is -3.40. The largest absolute Gasteiger partial charge is 0.541 e. The van der Waals surface area contributed by atoms with Crippen LogP contribution in [-0.4, -0.2) is 14.5 Å². The number of halogens is 3. The summed E-state index contributed by atoms with van der Waals surface area (Å²) >= 11 is 0. The molecule has 0 aliphatic rings. The summed E-state index contributed by atoms with van der Waals surface area (Å²) in [5.41, 5.74) is 0. The summed E-state index contributed by atoms with van der Waals surface area (Å²) in [4.78, 5) is 0. The van der Waals surface area contributed by atoms with Gasteiger partial charge in [0.1, 0.15) is 0 Å². The zero-order valence-electron chi connectivity index (χ0n) is 7.62. The first-order valence-electron chi connectivity index (χ1n) is 3.59. The zero-order chi connectivity index (χ0) is 9.99. The van der Waals surface area contributed by atoms with Gasteiger partial charge in [0.05, 0.1) is 0 Å². The fourth-order valence-electron chi connectivity index (χ4n) is 0.610. The minimum Gasteiger partial charge on any atom is -0.541 e. The van der Waals surface area contributed by atoms with Gasteiger partial charge in [0.2, 0.25) is 8.32 Å². The molecule has 0 fully saturated rings. The van der Waals surface area contributed by atoms with Gasteiger partial charge >= 0.3 is 6.18 Å². The topological polar surface area (TPSA) is 9.23 Å². The van der Waals surface area contributed by atoms with Crippen LogP contribution in [0, 0.1) is 0 Å².